The summed E-state index contributed by atoms with van der Waals surface area (Å²) in [6, 6.07) is 64.7. The molecule has 3 heteroatoms. The molecule has 0 radical (unpaired) electrons. The Balaban J connectivity index is 1.37. The molecule has 11 rings (SSSR count). The van der Waals surface area contributed by atoms with Gasteiger partial charge in [0.2, 0.25) is 0 Å². The highest BCUT2D eigenvalue weighted by atomic mass is 15.0. The van der Waals surface area contributed by atoms with Crippen molar-refractivity contribution in [3.8, 4) is 61.6 Å². The van der Waals surface area contributed by atoms with Gasteiger partial charge in [0, 0.05) is 44.4 Å². The van der Waals surface area contributed by atoms with E-state index in [0.717, 1.165) is 0 Å². The van der Waals surface area contributed by atoms with Gasteiger partial charge < -0.3 is 9.05 Å². The fourth-order valence-corrected chi connectivity index (χ4v) is 8.88. The molecule has 0 atom stereocenters. The summed E-state index contributed by atoms with van der Waals surface area (Å²) in [5, 5.41) is 2.58. The third kappa shape index (κ3) is 3.57. The van der Waals surface area contributed by atoms with Crippen LogP contribution in [-0.4, -0.2) is 15.9 Å². The van der Waals surface area contributed by atoms with E-state index in [1.54, 1.807) is 0 Å². The van der Waals surface area contributed by atoms with E-state index in [1.165, 1.54) is 94.3 Å². The number of hydrogen-bond donors (Lipinski definition) is 0. The third-order valence-corrected chi connectivity index (χ3v) is 10.7. The van der Waals surface area contributed by atoms with Gasteiger partial charge in [0.1, 0.15) is 0 Å². The van der Waals surface area contributed by atoms with Crippen molar-refractivity contribution in [2.75, 3.05) is 0 Å². The van der Waals surface area contributed by atoms with E-state index in [2.05, 4.69) is 185 Å². The van der Waals surface area contributed by atoms with Crippen molar-refractivity contribution in [1.29, 1.82) is 0 Å². The summed E-state index contributed by atoms with van der Waals surface area (Å²) in [5.74, 6) is 0. The first-order chi connectivity index (χ1) is 24.4. The zero-order chi connectivity index (χ0) is 32.1. The molecule has 0 amide bonds. The quantitative estimate of drug-likeness (QED) is 0.173. The van der Waals surface area contributed by atoms with Gasteiger partial charge >= 0.3 is 6.85 Å². The number of nitrogens with zero attached hydrogens (tertiary/aromatic N) is 2. The molecule has 0 saturated heterocycles. The van der Waals surface area contributed by atoms with Crippen LogP contribution in [0, 0.1) is 0 Å². The third-order valence-electron chi connectivity index (χ3n) is 10.7. The normalized spacial score (nSPS) is 12.4. The maximum absolute atomic E-state index is 2.68. The number of hydrogen-bond acceptors (Lipinski definition) is 0. The van der Waals surface area contributed by atoms with Crippen LogP contribution in [0.3, 0.4) is 0 Å². The van der Waals surface area contributed by atoms with E-state index in [9.17, 15) is 0 Å². The number of benzene rings is 7. The molecule has 0 N–H and O–H groups in total. The van der Waals surface area contributed by atoms with E-state index in [1.807, 2.05) is 0 Å². The first-order valence-corrected chi connectivity index (χ1v) is 17.1. The summed E-state index contributed by atoms with van der Waals surface area (Å²) < 4.78 is 5.26. The second kappa shape index (κ2) is 10.1. The van der Waals surface area contributed by atoms with Crippen molar-refractivity contribution >= 4 is 39.6 Å². The van der Waals surface area contributed by atoms with Crippen molar-refractivity contribution in [2.24, 2.45) is 0 Å². The lowest BCUT2D eigenvalue weighted by molar-refractivity contribution is 1.13. The molecule has 9 aromatic rings. The average Bonchev–Trinajstić information content (AvgIpc) is 3.72. The lowest BCUT2D eigenvalue weighted by Gasteiger charge is -2.34. The molecule has 49 heavy (non-hydrogen) atoms. The smallest absolute Gasteiger partial charge is 0.333 e. The van der Waals surface area contributed by atoms with Crippen molar-refractivity contribution in [3.05, 3.63) is 176 Å². The molecule has 0 fully saturated rings. The Morgan fingerprint density at radius 2 is 0.898 bits per heavy atom. The van der Waals surface area contributed by atoms with Gasteiger partial charge in [-0.25, -0.2) is 0 Å². The Kier molecular flexibility index (Phi) is 5.50. The summed E-state index contributed by atoms with van der Waals surface area (Å²) in [7, 11) is 0. The summed E-state index contributed by atoms with van der Waals surface area (Å²) >= 11 is 0. The van der Waals surface area contributed by atoms with Crippen LogP contribution in [0.2, 0.25) is 0 Å². The molecule has 7 aromatic carbocycles. The zero-order valence-corrected chi connectivity index (χ0v) is 26.7. The largest absolute Gasteiger partial charge is 0.375 e. The monoisotopic (exact) mass is 620 g/mol. The molecule has 2 aromatic heterocycles. The second-order valence-electron chi connectivity index (χ2n) is 13.2. The minimum absolute atomic E-state index is 0.00499. The molecule has 0 aliphatic carbocycles. The Hall–Kier alpha value is -6.32. The maximum atomic E-state index is 2.68. The minimum atomic E-state index is -0.00499. The zero-order valence-electron chi connectivity index (χ0n) is 26.7. The summed E-state index contributed by atoms with van der Waals surface area (Å²) in [6.45, 7) is -0.00499. The van der Waals surface area contributed by atoms with Crippen molar-refractivity contribution < 1.29 is 0 Å². The highest BCUT2D eigenvalue weighted by Crippen LogP contribution is 2.50. The topological polar surface area (TPSA) is 9.86 Å². The van der Waals surface area contributed by atoms with Gasteiger partial charge in [0.05, 0.1) is 11.2 Å². The molecule has 0 bridgehead atoms. The number of fused-ring (bicyclic) bond motifs is 5. The lowest BCUT2D eigenvalue weighted by Crippen LogP contribution is -2.55. The van der Waals surface area contributed by atoms with Crippen molar-refractivity contribution in [3.63, 3.8) is 0 Å². The fraction of sp³-hybridized carbons (Fsp3) is 0. The molecule has 0 spiro atoms. The van der Waals surface area contributed by atoms with Crippen LogP contribution in [0.5, 0.6) is 0 Å². The van der Waals surface area contributed by atoms with E-state index < -0.39 is 0 Å². The van der Waals surface area contributed by atoms with Crippen LogP contribution in [0.4, 0.5) is 0 Å². The predicted octanol–water partition coefficient (Wildman–Crippen LogP) is 10.2. The molecule has 4 heterocycles. The van der Waals surface area contributed by atoms with Gasteiger partial charge in [-0.05, 0) is 44.8 Å². The highest BCUT2D eigenvalue weighted by Gasteiger charge is 2.43. The number of para-hydroxylation sites is 2. The number of aromatic nitrogens is 2. The van der Waals surface area contributed by atoms with Crippen LogP contribution >= 0.6 is 0 Å². The standard InChI is InChI=1S/C46H29BN2/c1-5-16-30(17-6-1)40-37-29-28-34-35-24-15-25-36-41(31-18-7-2-8-19-31)44(33-22-11-4-12-23-33)49(45(35)36)47-38-26-13-14-27-39(38)48(46(37)42(34)47)43(40)32-20-9-3-10-21-32/h1-29H. The SMILES string of the molecule is c1ccc(-c2c(-c3ccccc3)n3c4c(cccc24)-c2ccc4c(-c5ccccc5)c(-c5ccccc5)n5c4c2B3c2ccccc2-5)cc1. The average molecular weight is 621 g/mol. The highest BCUT2D eigenvalue weighted by molar-refractivity contribution is 6.89. The van der Waals surface area contributed by atoms with E-state index in [0.29, 0.717) is 0 Å². The first kappa shape index (κ1) is 26.7. The van der Waals surface area contributed by atoms with E-state index in [4.69, 9.17) is 0 Å². The van der Waals surface area contributed by atoms with Crippen molar-refractivity contribution in [1.82, 2.24) is 9.05 Å². The summed E-state index contributed by atoms with van der Waals surface area (Å²) in [5.41, 5.74) is 19.2. The van der Waals surface area contributed by atoms with Gasteiger partial charge in [-0.1, -0.05) is 170 Å². The van der Waals surface area contributed by atoms with Gasteiger partial charge in [-0.15, -0.1) is 0 Å². The molecule has 0 saturated carbocycles. The van der Waals surface area contributed by atoms with Gasteiger partial charge in [0.15, 0.2) is 0 Å². The van der Waals surface area contributed by atoms with Crippen LogP contribution in [0.25, 0.3) is 83.4 Å². The van der Waals surface area contributed by atoms with Gasteiger partial charge in [-0.2, -0.15) is 0 Å². The summed E-state index contributed by atoms with van der Waals surface area (Å²) in [6.07, 6.45) is 0. The van der Waals surface area contributed by atoms with E-state index in [-0.39, 0.29) is 6.85 Å². The molecule has 2 aliphatic heterocycles. The van der Waals surface area contributed by atoms with Crippen LogP contribution in [0.1, 0.15) is 0 Å². The second-order valence-corrected chi connectivity index (χ2v) is 13.2. The molecule has 226 valence electrons. The summed E-state index contributed by atoms with van der Waals surface area (Å²) in [4.78, 5) is 0. The Labute approximate surface area is 285 Å². The Morgan fingerprint density at radius 3 is 1.55 bits per heavy atom. The first-order valence-electron chi connectivity index (χ1n) is 17.1. The van der Waals surface area contributed by atoms with Crippen LogP contribution < -0.4 is 10.9 Å². The Bertz CT molecular complexity index is 2740. The fourth-order valence-electron chi connectivity index (χ4n) is 8.88. The molecule has 2 aliphatic rings. The van der Waals surface area contributed by atoms with E-state index >= 15 is 0 Å². The van der Waals surface area contributed by atoms with Crippen molar-refractivity contribution in [2.45, 2.75) is 0 Å². The molecule has 0 unspecified atom stereocenters. The van der Waals surface area contributed by atoms with Gasteiger partial charge in [0.25, 0.3) is 0 Å². The predicted molar refractivity (Wildman–Crippen MR) is 206 cm³/mol. The van der Waals surface area contributed by atoms with Gasteiger partial charge in [-0.3, -0.25) is 0 Å². The maximum Gasteiger partial charge on any atom is 0.333 e. The van der Waals surface area contributed by atoms with Crippen LogP contribution in [0.15, 0.2) is 176 Å². The molecular formula is C46H29BN2. The molecular weight excluding hydrogens is 591 g/mol. The molecule has 2 nitrogen and oxygen atoms in total. The van der Waals surface area contributed by atoms with Crippen LogP contribution in [-0.2, 0) is 0 Å². The lowest BCUT2D eigenvalue weighted by atomic mass is 9.45. The Morgan fingerprint density at radius 1 is 0.367 bits per heavy atom. The number of rotatable bonds is 4. The minimum Gasteiger partial charge on any atom is -0.375 e.